The molecule has 0 bridgehead atoms. The summed E-state index contributed by atoms with van der Waals surface area (Å²) in [5, 5.41) is 2.84. The molecular formula is C10H21N3O. The van der Waals surface area contributed by atoms with Gasteiger partial charge in [-0.2, -0.15) is 0 Å². The number of likely N-dealkylation sites (tertiary alicyclic amines) is 1. The second kappa shape index (κ2) is 5.20. The van der Waals surface area contributed by atoms with Crippen LogP contribution in [0.1, 0.15) is 33.1 Å². The van der Waals surface area contributed by atoms with Crippen LogP contribution in [-0.4, -0.2) is 36.1 Å². The largest absolute Gasteiger partial charge is 0.338 e. The number of nitrogens with two attached hydrogens (primary N) is 1. The molecule has 0 radical (unpaired) electrons. The third kappa shape index (κ3) is 2.38. The smallest absolute Gasteiger partial charge is 0.317 e. The van der Waals surface area contributed by atoms with Gasteiger partial charge in [0.1, 0.15) is 0 Å². The topological polar surface area (TPSA) is 58.4 Å². The fourth-order valence-corrected chi connectivity index (χ4v) is 2.13. The fourth-order valence-electron chi connectivity index (χ4n) is 2.13. The summed E-state index contributed by atoms with van der Waals surface area (Å²) >= 11 is 0. The monoisotopic (exact) mass is 199 g/mol. The van der Waals surface area contributed by atoms with Crippen molar-refractivity contribution in [2.75, 3.05) is 13.1 Å². The van der Waals surface area contributed by atoms with Crippen LogP contribution in [-0.2, 0) is 0 Å². The second-order valence-corrected chi connectivity index (χ2v) is 3.91. The molecule has 2 atom stereocenters. The lowest BCUT2D eigenvalue weighted by molar-refractivity contribution is 0.119. The first kappa shape index (κ1) is 11.3. The lowest BCUT2D eigenvalue weighted by Gasteiger charge is -2.40. The first-order chi connectivity index (χ1) is 6.70. The molecule has 1 aliphatic rings. The van der Waals surface area contributed by atoms with Crippen molar-refractivity contribution < 1.29 is 4.79 Å². The van der Waals surface area contributed by atoms with E-state index < -0.39 is 0 Å². The van der Waals surface area contributed by atoms with Crippen LogP contribution in [0, 0.1) is 0 Å². The number of nitrogens with one attached hydrogen (secondary N) is 1. The number of amides is 2. The molecular weight excluding hydrogens is 178 g/mol. The molecule has 4 heteroatoms. The van der Waals surface area contributed by atoms with Crippen LogP contribution >= 0.6 is 0 Å². The highest BCUT2D eigenvalue weighted by atomic mass is 16.2. The Morgan fingerprint density at radius 2 is 2.29 bits per heavy atom. The summed E-state index contributed by atoms with van der Waals surface area (Å²) in [6.45, 7) is 5.28. The highest BCUT2D eigenvalue weighted by Crippen LogP contribution is 2.21. The summed E-state index contributed by atoms with van der Waals surface area (Å²) < 4.78 is 0. The minimum absolute atomic E-state index is 0.0372. The van der Waals surface area contributed by atoms with Crippen LogP contribution in [0.2, 0.25) is 0 Å². The Labute approximate surface area is 85.8 Å². The maximum atomic E-state index is 11.7. The Kier molecular flexibility index (Phi) is 4.20. The zero-order chi connectivity index (χ0) is 10.6. The van der Waals surface area contributed by atoms with Crippen LogP contribution in [0.5, 0.6) is 0 Å². The standard InChI is InChI=1S/C10H21N3O/c1-3-12-10(14)13-8(2)5-4-6-9(13)7-11/h8-9H,3-7,11H2,1-2H3,(H,12,14). The minimum Gasteiger partial charge on any atom is -0.338 e. The number of hydrogen-bond acceptors (Lipinski definition) is 2. The first-order valence-corrected chi connectivity index (χ1v) is 5.47. The van der Waals surface area contributed by atoms with Crippen molar-refractivity contribution in [1.29, 1.82) is 0 Å². The highest BCUT2D eigenvalue weighted by Gasteiger charge is 2.30. The molecule has 0 aliphatic carbocycles. The summed E-state index contributed by atoms with van der Waals surface area (Å²) in [5.74, 6) is 0. The van der Waals surface area contributed by atoms with E-state index in [1.54, 1.807) is 0 Å². The van der Waals surface area contributed by atoms with E-state index in [1.165, 1.54) is 6.42 Å². The molecule has 14 heavy (non-hydrogen) atoms. The average Bonchev–Trinajstić information content (AvgIpc) is 2.17. The SMILES string of the molecule is CCNC(=O)N1C(C)CCCC1CN. The van der Waals surface area contributed by atoms with Crippen molar-refractivity contribution in [3.8, 4) is 0 Å². The van der Waals surface area contributed by atoms with Gasteiger partial charge in [-0.1, -0.05) is 0 Å². The van der Waals surface area contributed by atoms with Crippen molar-refractivity contribution in [2.45, 2.75) is 45.2 Å². The van der Waals surface area contributed by atoms with Crippen LogP contribution in [0.15, 0.2) is 0 Å². The van der Waals surface area contributed by atoms with E-state index in [0.717, 1.165) is 12.8 Å². The van der Waals surface area contributed by atoms with E-state index in [2.05, 4.69) is 12.2 Å². The number of carbonyl (C=O) groups excluding carboxylic acids is 1. The van der Waals surface area contributed by atoms with Gasteiger partial charge in [-0.05, 0) is 33.1 Å². The number of piperidine rings is 1. The molecule has 0 aromatic heterocycles. The molecule has 1 rings (SSSR count). The van der Waals surface area contributed by atoms with Gasteiger partial charge in [-0.25, -0.2) is 4.79 Å². The molecule has 0 aromatic rings. The molecule has 0 saturated carbocycles. The number of urea groups is 1. The molecule has 82 valence electrons. The average molecular weight is 199 g/mol. The summed E-state index contributed by atoms with van der Waals surface area (Å²) in [6, 6.07) is 0.587. The van der Waals surface area contributed by atoms with Crippen molar-refractivity contribution in [2.24, 2.45) is 5.73 Å². The Bertz CT molecular complexity index is 196. The third-order valence-corrected chi connectivity index (χ3v) is 2.86. The Hall–Kier alpha value is -0.770. The fraction of sp³-hybridized carbons (Fsp3) is 0.900. The number of hydrogen-bond donors (Lipinski definition) is 2. The highest BCUT2D eigenvalue weighted by molar-refractivity contribution is 5.75. The molecule has 1 heterocycles. The number of rotatable bonds is 2. The van der Waals surface area contributed by atoms with Gasteiger partial charge in [0.25, 0.3) is 0 Å². The predicted molar refractivity (Wildman–Crippen MR) is 57.1 cm³/mol. The van der Waals surface area contributed by atoms with E-state index >= 15 is 0 Å². The van der Waals surface area contributed by atoms with Gasteiger partial charge in [0, 0.05) is 25.2 Å². The molecule has 4 nitrogen and oxygen atoms in total. The van der Waals surface area contributed by atoms with Crippen molar-refractivity contribution in [1.82, 2.24) is 10.2 Å². The van der Waals surface area contributed by atoms with Gasteiger partial charge in [0.05, 0.1) is 0 Å². The maximum Gasteiger partial charge on any atom is 0.317 e. The third-order valence-electron chi connectivity index (χ3n) is 2.86. The molecule has 1 aliphatic heterocycles. The van der Waals surface area contributed by atoms with Gasteiger partial charge < -0.3 is 16.0 Å². The van der Waals surface area contributed by atoms with E-state index in [0.29, 0.717) is 19.1 Å². The summed E-state index contributed by atoms with van der Waals surface area (Å²) in [5.41, 5.74) is 5.67. The van der Waals surface area contributed by atoms with E-state index in [-0.39, 0.29) is 12.1 Å². The summed E-state index contributed by atoms with van der Waals surface area (Å²) in [7, 11) is 0. The van der Waals surface area contributed by atoms with E-state index in [1.807, 2.05) is 11.8 Å². The van der Waals surface area contributed by atoms with Gasteiger partial charge in [-0.15, -0.1) is 0 Å². The van der Waals surface area contributed by atoms with Gasteiger partial charge in [0.15, 0.2) is 0 Å². The molecule has 0 aromatic carbocycles. The van der Waals surface area contributed by atoms with Crippen LogP contribution in [0.4, 0.5) is 4.79 Å². The van der Waals surface area contributed by atoms with Crippen molar-refractivity contribution >= 4 is 6.03 Å². The van der Waals surface area contributed by atoms with Crippen molar-refractivity contribution in [3.05, 3.63) is 0 Å². The van der Waals surface area contributed by atoms with Gasteiger partial charge in [-0.3, -0.25) is 0 Å². The molecule has 0 spiro atoms. The zero-order valence-electron chi connectivity index (χ0n) is 9.12. The quantitative estimate of drug-likeness (QED) is 0.694. The second-order valence-electron chi connectivity index (χ2n) is 3.91. The van der Waals surface area contributed by atoms with Gasteiger partial charge >= 0.3 is 6.03 Å². The minimum atomic E-state index is 0.0372. The van der Waals surface area contributed by atoms with Crippen LogP contribution < -0.4 is 11.1 Å². The van der Waals surface area contributed by atoms with Crippen LogP contribution in [0.3, 0.4) is 0 Å². The zero-order valence-corrected chi connectivity index (χ0v) is 9.12. The number of nitrogens with zero attached hydrogens (tertiary/aromatic N) is 1. The van der Waals surface area contributed by atoms with Crippen molar-refractivity contribution in [3.63, 3.8) is 0 Å². The molecule has 2 unspecified atom stereocenters. The summed E-state index contributed by atoms with van der Waals surface area (Å²) in [4.78, 5) is 13.6. The lowest BCUT2D eigenvalue weighted by atomic mass is 9.97. The predicted octanol–water partition coefficient (Wildman–Crippen LogP) is 0.918. The number of carbonyl (C=O) groups is 1. The molecule has 2 amide bonds. The molecule has 1 fully saturated rings. The normalized spacial score (nSPS) is 27.5. The Morgan fingerprint density at radius 1 is 1.57 bits per heavy atom. The Morgan fingerprint density at radius 3 is 2.86 bits per heavy atom. The van der Waals surface area contributed by atoms with Crippen LogP contribution in [0.25, 0.3) is 0 Å². The van der Waals surface area contributed by atoms with E-state index in [4.69, 9.17) is 5.73 Å². The maximum absolute atomic E-state index is 11.7. The Balaban J connectivity index is 2.63. The molecule has 1 saturated heterocycles. The lowest BCUT2D eigenvalue weighted by Crippen LogP contribution is -2.55. The van der Waals surface area contributed by atoms with E-state index in [9.17, 15) is 4.79 Å². The molecule has 3 N–H and O–H groups in total. The first-order valence-electron chi connectivity index (χ1n) is 5.47. The van der Waals surface area contributed by atoms with Gasteiger partial charge in [0.2, 0.25) is 0 Å². The summed E-state index contributed by atoms with van der Waals surface area (Å²) in [6.07, 6.45) is 3.31.